The van der Waals surface area contributed by atoms with Crippen LogP contribution < -0.4 is 4.74 Å². The molecule has 3 aromatic rings. The second-order valence-corrected chi connectivity index (χ2v) is 5.76. The van der Waals surface area contributed by atoms with Crippen LogP contribution in [0, 0.1) is 0 Å². The van der Waals surface area contributed by atoms with Gasteiger partial charge in [-0.25, -0.2) is 0 Å². The summed E-state index contributed by atoms with van der Waals surface area (Å²) in [6.45, 7) is 0. The average Bonchev–Trinajstić information content (AvgIpc) is 2.64. The van der Waals surface area contributed by atoms with Crippen LogP contribution in [-0.4, -0.2) is 7.11 Å². The summed E-state index contributed by atoms with van der Waals surface area (Å²) in [7, 11) is 1.71. The minimum absolute atomic E-state index is 0.405. The first-order valence-electron chi connectivity index (χ1n) is 8.09. The molecule has 0 aliphatic rings. The van der Waals surface area contributed by atoms with E-state index in [1.54, 1.807) is 7.11 Å². The first kappa shape index (κ1) is 15.4. The highest BCUT2D eigenvalue weighted by Crippen LogP contribution is 2.30. The third-order valence-electron chi connectivity index (χ3n) is 4.28. The normalized spacial score (nSPS) is 11.9. The van der Waals surface area contributed by atoms with Gasteiger partial charge in [-0.3, -0.25) is 0 Å². The zero-order valence-electron chi connectivity index (χ0n) is 13.5. The van der Waals surface area contributed by atoms with Crippen LogP contribution in [0.1, 0.15) is 29.0 Å². The van der Waals surface area contributed by atoms with Crippen molar-refractivity contribution in [3.05, 3.63) is 102 Å². The molecule has 0 N–H and O–H groups in total. The second-order valence-electron chi connectivity index (χ2n) is 5.76. The Morgan fingerprint density at radius 1 is 0.696 bits per heavy atom. The van der Waals surface area contributed by atoms with Gasteiger partial charge in [0.05, 0.1) is 7.11 Å². The van der Waals surface area contributed by atoms with Crippen molar-refractivity contribution in [3.8, 4) is 5.75 Å². The summed E-state index contributed by atoms with van der Waals surface area (Å²) >= 11 is 0. The molecule has 1 nitrogen and oxygen atoms in total. The maximum absolute atomic E-state index is 5.28. The number of methoxy groups -OCH3 is 1. The minimum Gasteiger partial charge on any atom is -0.497 e. The summed E-state index contributed by atoms with van der Waals surface area (Å²) in [4.78, 5) is 0. The summed E-state index contributed by atoms with van der Waals surface area (Å²) in [5.74, 6) is 1.31. The summed E-state index contributed by atoms with van der Waals surface area (Å²) in [5.41, 5.74) is 4.10. The Kier molecular flexibility index (Phi) is 5.10. The number of benzene rings is 3. The molecule has 0 aliphatic carbocycles. The topological polar surface area (TPSA) is 9.23 Å². The minimum atomic E-state index is 0.405. The molecule has 0 heterocycles. The Balaban J connectivity index is 1.84. The molecular weight excluding hydrogens is 280 g/mol. The predicted octanol–water partition coefficient (Wildman–Crippen LogP) is 5.46. The lowest BCUT2D eigenvalue weighted by Crippen LogP contribution is -2.03. The van der Waals surface area contributed by atoms with Gasteiger partial charge in [-0.2, -0.15) is 0 Å². The highest BCUT2D eigenvalue weighted by Gasteiger charge is 2.14. The highest BCUT2D eigenvalue weighted by molar-refractivity contribution is 5.36. The van der Waals surface area contributed by atoms with Crippen molar-refractivity contribution in [2.75, 3.05) is 7.11 Å². The third-order valence-corrected chi connectivity index (χ3v) is 4.28. The van der Waals surface area contributed by atoms with E-state index in [0.717, 1.165) is 18.6 Å². The van der Waals surface area contributed by atoms with E-state index in [-0.39, 0.29) is 0 Å². The van der Waals surface area contributed by atoms with E-state index in [9.17, 15) is 0 Å². The number of rotatable bonds is 6. The van der Waals surface area contributed by atoms with Crippen molar-refractivity contribution >= 4 is 0 Å². The monoisotopic (exact) mass is 302 g/mol. The van der Waals surface area contributed by atoms with Crippen LogP contribution in [0.4, 0.5) is 0 Å². The van der Waals surface area contributed by atoms with Crippen LogP contribution in [0.2, 0.25) is 0 Å². The van der Waals surface area contributed by atoms with Crippen molar-refractivity contribution in [1.82, 2.24) is 0 Å². The molecular formula is C22H22O. The second kappa shape index (κ2) is 7.64. The van der Waals surface area contributed by atoms with Gasteiger partial charge in [0.2, 0.25) is 0 Å². The van der Waals surface area contributed by atoms with E-state index >= 15 is 0 Å². The Labute approximate surface area is 138 Å². The van der Waals surface area contributed by atoms with Crippen molar-refractivity contribution in [3.63, 3.8) is 0 Å². The molecule has 23 heavy (non-hydrogen) atoms. The number of aryl methyl sites for hydroxylation is 1. The summed E-state index contributed by atoms with van der Waals surface area (Å²) in [5, 5.41) is 0. The fourth-order valence-electron chi connectivity index (χ4n) is 3.00. The SMILES string of the molecule is COc1ccc(C(CCc2ccccc2)c2ccccc2)cc1. The fraction of sp³-hybridized carbons (Fsp3) is 0.182. The number of ether oxygens (including phenoxy) is 1. The van der Waals surface area contributed by atoms with Crippen molar-refractivity contribution < 1.29 is 4.74 Å². The summed E-state index contributed by atoms with van der Waals surface area (Å²) in [6, 6.07) is 29.9. The van der Waals surface area contributed by atoms with E-state index in [1.807, 2.05) is 12.1 Å². The van der Waals surface area contributed by atoms with Crippen molar-refractivity contribution in [2.24, 2.45) is 0 Å². The van der Waals surface area contributed by atoms with Crippen LogP contribution in [0.3, 0.4) is 0 Å². The molecule has 0 aromatic heterocycles. The maximum Gasteiger partial charge on any atom is 0.118 e. The Morgan fingerprint density at radius 2 is 1.26 bits per heavy atom. The smallest absolute Gasteiger partial charge is 0.118 e. The van der Waals surface area contributed by atoms with Crippen LogP contribution in [-0.2, 0) is 6.42 Å². The quantitative estimate of drug-likeness (QED) is 0.587. The molecule has 0 radical (unpaired) electrons. The van der Waals surface area contributed by atoms with Crippen molar-refractivity contribution in [2.45, 2.75) is 18.8 Å². The van der Waals surface area contributed by atoms with Crippen LogP contribution in [0.25, 0.3) is 0 Å². The predicted molar refractivity (Wildman–Crippen MR) is 96.0 cm³/mol. The molecule has 0 amide bonds. The van der Waals surface area contributed by atoms with Crippen LogP contribution >= 0.6 is 0 Å². The van der Waals surface area contributed by atoms with Gasteiger partial charge in [-0.1, -0.05) is 72.8 Å². The molecule has 1 unspecified atom stereocenters. The molecule has 0 spiro atoms. The van der Waals surface area contributed by atoms with Crippen LogP contribution in [0.5, 0.6) is 5.75 Å². The molecule has 116 valence electrons. The van der Waals surface area contributed by atoms with Gasteiger partial charge in [0, 0.05) is 5.92 Å². The molecule has 1 atom stereocenters. The third kappa shape index (κ3) is 4.01. The van der Waals surface area contributed by atoms with Gasteiger partial charge < -0.3 is 4.74 Å². The zero-order chi connectivity index (χ0) is 15.9. The highest BCUT2D eigenvalue weighted by atomic mass is 16.5. The molecule has 0 aliphatic heterocycles. The fourth-order valence-corrected chi connectivity index (χ4v) is 3.00. The Hall–Kier alpha value is -2.54. The first-order chi connectivity index (χ1) is 11.4. The van der Waals surface area contributed by atoms with E-state index in [4.69, 9.17) is 4.74 Å². The van der Waals surface area contributed by atoms with E-state index in [0.29, 0.717) is 5.92 Å². The van der Waals surface area contributed by atoms with Gasteiger partial charge in [-0.15, -0.1) is 0 Å². The standard InChI is InChI=1S/C22H22O/c1-23-21-15-13-20(14-16-21)22(19-10-6-3-7-11-19)17-12-18-8-4-2-5-9-18/h2-11,13-16,22H,12,17H2,1H3. The van der Waals surface area contributed by atoms with E-state index < -0.39 is 0 Å². The lowest BCUT2D eigenvalue weighted by molar-refractivity contribution is 0.414. The molecule has 0 bridgehead atoms. The maximum atomic E-state index is 5.28. The van der Waals surface area contributed by atoms with Gasteiger partial charge in [0.1, 0.15) is 5.75 Å². The van der Waals surface area contributed by atoms with E-state index in [1.165, 1.54) is 16.7 Å². The summed E-state index contributed by atoms with van der Waals surface area (Å²) < 4.78 is 5.28. The Bertz CT molecular complexity index is 702. The first-order valence-corrected chi connectivity index (χ1v) is 8.09. The molecule has 3 aromatic carbocycles. The van der Waals surface area contributed by atoms with Gasteiger partial charge in [0.25, 0.3) is 0 Å². The molecule has 0 saturated carbocycles. The van der Waals surface area contributed by atoms with E-state index in [2.05, 4.69) is 72.8 Å². The largest absolute Gasteiger partial charge is 0.497 e. The van der Waals surface area contributed by atoms with Gasteiger partial charge >= 0.3 is 0 Å². The summed E-state index contributed by atoms with van der Waals surface area (Å²) in [6.07, 6.45) is 2.17. The van der Waals surface area contributed by atoms with Gasteiger partial charge in [-0.05, 0) is 41.7 Å². The number of hydrogen-bond donors (Lipinski definition) is 0. The molecule has 3 rings (SSSR count). The molecule has 1 heteroatoms. The van der Waals surface area contributed by atoms with Crippen molar-refractivity contribution in [1.29, 1.82) is 0 Å². The van der Waals surface area contributed by atoms with Crippen LogP contribution in [0.15, 0.2) is 84.9 Å². The molecule has 0 saturated heterocycles. The average molecular weight is 302 g/mol. The zero-order valence-corrected chi connectivity index (χ0v) is 13.5. The van der Waals surface area contributed by atoms with Gasteiger partial charge in [0.15, 0.2) is 0 Å². The number of hydrogen-bond acceptors (Lipinski definition) is 1. The lowest BCUT2D eigenvalue weighted by atomic mass is 9.86. The lowest BCUT2D eigenvalue weighted by Gasteiger charge is -2.18. The molecule has 0 fully saturated rings. The Morgan fingerprint density at radius 3 is 1.87 bits per heavy atom.